The van der Waals surface area contributed by atoms with Gasteiger partial charge in [-0.2, -0.15) is 10.2 Å². The zero-order valence-corrected chi connectivity index (χ0v) is 9.13. The lowest BCUT2D eigenvalue weighted by atomic mass is 10.4. The van der Waals surface area contributed by atoms with E-state index in [2.05, 4.69) is 25.6 Å². The molecule has 0 aromatic carbocycles. The molecular weight excluding hydrogens is 222 g/mol. The van der Waals surface area contributed by atoms with E-state index in [0.29, 0.717) is 18.8 Å². The van der Waals surface area contributed by atoms with Gasteiger partial charge in [0.15, 0.2) is 0 Å². The van der Waals surface area contributed by atoms with Gasteiger partial charge in [-0.25, -0.2) is 4.98 Å². The van der Waals surface area contributed by atoms with E-state index in [0.717, 1.165) is 5.82 Å². The van der Waals surface area contributed by atoms with Crippen LogP contribution in [0, 0.1) is 0 Å². The minimum Gasteiger partial charge on any atom is -0.382 e. The average molecular weight is 235 g/mol. The summed E-state index contributed by atoms with van der Waals surface area (Å²) in [5, 5.41) is 13.1. The molecule has 0 spiro atoms. The number of nitrogens with one attached hydrogen (secondary N) is 2. The molecule has 0 saturated carbocycles. The largest absolute Gasteiger partial charge is 0.382 e. The molecule has 0 aliphatic heterocycles. The molecule has 0 saturated heterocycles. The summed E-state index contributed by atoms with van der Waals surface area (Å²) in [6, 6.07) is 1.64. The van der Waals surface area contributed by atoms with Gasteiger partial charge in [-0.05, 0) is 6.07 Å². The van der Waals surface area contributed by atoms with Crippen molar-refractivity contribution in [3.63, 3.8) is 0 Å². The van der Waals surface area contributed by atoms with Crippen LogP contribution in [0.25, 0.3) is 0 Å². The first-order valence-electron chi connectivity index (χ1n) is 5.14. The van der Waals surface area contributed by atoms with Gasteiger partial charge in [-0.1, -0.05) is 0 Å². The summed E-state index contributed by atoms with van der Waals surface area (Å²) < 4.78 is 1.49. The Hall–Kier alpha value is -2.38. The summed E-state index contributed by atoms with van der Waals surface area (Å²) in [7, 11) is 0. The van der Waals surface area contributed by atoms with Gasteiger partial charge >= 0.3 is 0 Å². The van der Waals surface area contributed by atoms with Crippen molar-refractivity contribution < 1.29 is 4.79 Å². The van der Waals surface area contributed by atoms with E-state index in [1.807, 2.05) is 0 Å². The molecule has 0 fully saturated rings. The lowest BCUT2D eigenvalue weighted by Crippen LogP contribution is -2.29. The standard InChI is InChI=1S/C9H13N7O/c10-7-2-4-16(15-7)5-9(17)11-3-1-8-12-6-13-14-8/h2,4,6H,1,3,5H2,(H2,10,15)(H,11,17)(H,12,13,14). The molecule has 0 bridgehead atoms. The first-order chi connectivity index (χ1) is 8.24. The third-order valence-corrected chi connectivity index (χ3v) is 2.12. The number of H-pyrrole nitrogens is 1. The van der Waals surface area contributed by atoms with E-state index >= 15 is 0 Å². The van der Waals surface area contributed by atoms with E-state index in [-0.39, 0.29) is 12.5 Å². The van der Waals surface area contributed by atoms with Crippen molar-refractivity contribution in [1.82, 2.24) is 30.3 Å². The minimum atomic E-state index is -0.118. The van der Waals surface area contributed by atoms with Gasteiger partial charge in [-0.3, -0.25) is 14.6 Å². The third kappa shape index (κ3) is 3.30. The number of carbonyl (C=O) groups excluding carboxylic acids is 1. The summed E-state index contributed by atoms with van der Waals surface area (Å²) in [5.41, 5.74) is 5.44. The molecule has 0 atom stereocenters. The summed E-state index contributed by atoms with van der Waals surface area (Å²) >= 11 is 0. The molecule has 8 heteroatoms. The lowest BCUT2D eigenvalue weighted by Gasteiger charge is -2.03. The van der Waals surface area contributed by atoms with Crippen LogP contribution in [0.5, 0.6) is 0 Å². The molecule has 2 aromatic heterocycles. The number of nitrogen functional groups attached to an aromatic ring is 1. The number of anilines is 1. The zero-order chi connectivity index (χ0) is 12.1. The van der Waals surface area contributed by atoms with Gasteiger partial charge in [0.2, 0.25) is 5.91 Å². The van der Waals surface area contributed by atoms with Crippen molar-refractivity contribution in [2.45, 2.75) is 13.0 Å². The average Bonchev–Trinajstić information content (AvgIpc) is 2.90. The SMILES string of the molecule is Nc1ccn(CC(=O)NCCc2ncn[nH]2)n1. The topological polar surface area (TPSA) is 115 Å². The minimum absolute atomic E-state index is 0.118. The molecule has 2 aromatic rings. The third-order valence-electron chi connectivity index (χ3n) is 2.12. The maximum absolute atomic E-state index is 11.5. The summed E-state index contributed by atoms with van der Waals surface area (Å²) in [4.78, 5) is 15.4. The van der Waals surface area contributed by atoms with Crippen LogP contribution in [0.3, 0.4) is 0 Å². The van der Waals surface area contributed by atoms with Crippen molar-refractivity contribution in [2.24, 2.45) is 0 Å². The molecule has 17 heavy (non-hydrogen) atoms. The molecule has 1 amide bonds. The van der Waals surface area contributed by atoms with Crippen molar-refractivity contribution in [3.05, 3.63) is 24.4 Å². The highest BCUT2D eigenvalue weighted by Gasteiger charge is 2.03. The Morgan fingerprint density at radius 3 is 3.12 bits per heavy atom. The highest BCUT2D eigenvalue weighted by atomic mass is 16.2. The van der Waals surface area contributed by atoms with Gasteiger partial charge in [0.1, 0.15) is 24.5 Å². The van der Waals surface area contributed by atoms with Gasteiger partial charge in [0.25, 0.3) is 0 Å². The predicted molar refractivity (Wildman–Crippen MR) is 59.7 cm³/mol. The maximum atomic E-state index is 11.5. The number of nitrogens with zero attached hydrogens (tertiary/aromatic N) is 4. The predicted octanol–water partition coefficient (Wildman–Crippen LogP) is -1.06. The normalized spacial score (nSPS) is 10.4. The Bertz CT molecular complexity index is 475. The molecule has 2 rings (SSSR count). The quantitative estimate of drug-likeness (QED) is 0.611. The molecule has 8 nitrogen and oxygen atoms in total. The monoisotopic (exact) mass is 235 g/mol. The van der Waals surface area contributed by atoms with Crippen molar-refractivity contribution in [2.75, 3.05) is 12.3 Å². The van der Waals surface area contributed by atoms with Crippen LogP contribution >= 0.6 is 0 Å². The first-order valence-corrected chi connectivity index (χ1v) is 5.14. The highest BCUT2D eigenvalue weighted by Crippen LogP contribution is 1.95. The number of hydrogen-bond donors (Lipinski definition) is 3. The van der Waals surface area contributed by atoms with Crippen molar-refractivity contribution >= 4 is 11.7 Å². The fraction of sp³-hybridized carbons (Fsp3) is 0.333. The van der Waals surface area contributed by atoms with E-state index in [1.165, 1.54) is 11.0 Å². The molecule has 0 radical (unpaired) electrons. The molecule has 2 heterocycles. The Labute approximate surface area is 97.2 Å². The number of hydrogen-bond acceptors (Lipinski definition) is 5. The van der Waals surface area contributed by atoms with Crippen LogP contribution in [0.4, 0.5) is 5.82 Å². The number of aromatic amines is 1. The molecule has 0 aliphatic rings. The summed E-state index contributed by atoms with van der Waals surface area (Å²) in [6.07, 6.45) is 3.71. The van der Waals surface area contributed by atoms with Gasteiger partial charge in [0, 0.05) is 19.2 Å². The maximum Gasteiger partial charge on any atom is 0.241 e. The van der Waals surface area contributed by atoms with E-state index in [9.17, 15) is 4.79 Å². The highest BCUT2D eigenvalue weighted by molar-refractivity contribution is 5.75. The zero-order valence-electron chi connectivity index (χ0n) is 9.13. The van der Waals surface area contributed by atoms with Crippen LogP contribution in [0.1, 0.15) is 5.82 Å². The first kappa shape index (κ1) is 11.1. The number of rotatable bonds is 5. The second-order valence-electron chi connectivity index (χ2n) is 3.47. The second kappa shape index (κ2) is 5.10. The fourth-order valence-corrected chi connectivity index (χ4v) is 1.34. The number of aromatic nitrogens is 5. The number of amides is 1. The molecule has 0 aliphatic carbocycles. The molecular formula is C9H13N7O. The van der Waals surface area contributed by atoms with Crippen molar-refractivity contribution in [1.29, 1.82) is 0 Å². The van der Waals surface area contributed by atoms with Gasteiger partial charge in [-0.15, -0.1) is 0 Å². The van der Waals surface area contributed by atoms with Crippen LogP contribution in [-0.2, 0) is 17.8 Å². The van der Waals surface area contributed by atoms with Gasteiger partial charge in [0.05, 0.1) is 0 Å². The van der Waals surface area contributed by atoms with E-state index in [1.54, 1.807) is 12.3 Å². The lowest BCUT2D eigenvalue weighted by molar-refractivity contribution is -0.121. The summed E-state index contributed by atoms with van der Waals surface area (Å²) in [6.45, 7) is 0.665. The Kier molecular flexibility index (Phi) is 3.34. The van der Waals surface area contributed by atoms with Crippen LogP contribution in [0.2, 0.25) is 0 Å². The fourth-order valence-electron chi connectivity index (χ4n) is 1.34. The number of nitrogens with two attached hydrogens (primary N) is 1. The van der Waals surface area contributed by atoms with Crippen LogP contribution in [-0.4, -0.2) is 37.4 Å². The van der Waals surface area contributed by atoms with Gasteiger partial charge < -0.3 is 11.1 Å². The second-order valence-corrected chi connectivity index (χ2v) is 3.47. The number of carbonyl (C=O) groups is 1. The molecule has 0 unspecified atom stereocenters. The van der Waals surface area contributed by atoms with E-state index < -0.39 is 0 Å². The summed E-state index contributed by atoms with van der Waals surface area (Å²) in [5.74, 6) is 1.03. The van der Waals surface area contributed by atoms with E-state index in [4.69, 9.17) is 5.73 Å². The molecule has 90 valence electrons. The Balaban J connectivity index is 1.71. The van der Waals surface area contributed by atoms with Crippen molar-refractivity contribution in [3.8, 4) is 0 Å². The van der Waals surface area contributed by atoms with Crippen LogP contribution < -0.4 is 11.1 Å². The Morgan fingerprint density at radius 2 is 2.47 bits per heavy atom. The smallest absolute Gasteiger partial charge is 0.241 e. The van der Waals surface area contributed by atoms with Crippen LogP contribution in [0.15, 0.2) is 18.6 Å². The molecule has 4 N–H and O–H groups in total. The Morgan fingerprint density at radius 1 is 1.59 bits per heavy atom.